The molecule has 0 bridgehead atoms. The average Bonchev–Trinajstić information content (AvgIpc) is 2.34. The Morgan fingerprint density at radius 1 is 1.33 bits per heavy atom. The van der Waals surface area contributed by atoms with Gasteiger partial charge < -0.3 is 5.11 Å². The summed E-state index contributed by atoms with van der Waals surface area (Å²) in [5.74, 6) is 0.105. The van der Waals surface area contributed by atoms with Crippen LogP contribution in [-0.2, 0) is 0 Å². The van der Waals surface area contributed by atoms with Crippen molar-refractivity contribution in [3.8, 4) is 6.07 Å². The van der Waals surface area contributed by atoms with Crippen molar-refractivity contribution >= 4 is 23.2 Å². The van der Waals surface area contributed by atoms with Gasteiger partial charge in [0.15, 0.2) is 0 Å². The molecule has 2 rings (SSSR count). The normalized spacial score (nSPS) is 40.7. The molecule has 1 N–H and O–H groups in total. The molecule has 18 heavy (non-hydrogen) atoms. The topological polar surface area (TPSA) is 44.0 Å². The van der Waals surface area contributed by atoms with Crippen LogP contribution in [0.5, 0.6) is 0 Å². The standard InChI is InChI=1S/C14H17Cl2NO/c1-13(18)4-6-14(9-17,7-5-13)10-2-3-11(15)12(16)8-10/h2-3,10,18H,4-8H2,1H3/t10?,13-,14+. The molecule has 0 aromatic carbocycles. The second kappa shape index (κ2) is 4.89. The van der Waals surface area contributed by atoms with E-state index in [4.69, 9.17) is 23.2 Å². The van der Waals surface area contributed by atoms with Crippen molar-refractivity contribution in [1.29, 1.82) is 5.26 Å². The zero-order valence-corrected chi connectivity index (χ0v) is 11.9. The van der Waals surface area contributed by atoms with Crippen LogP contribution in [0.25, 0.3) is 0 Å². The zero-order chi connectivity index (χ0) is 13.4. The molecule has 2 nitrogen and oxygen atoms in total. The highest BCUT2D eigenvalue weighted by Crippen LogP contribution is 2.49. The summed E-state index contributed by atoms with van der Waals surface area (Å²) in [4.78, 5) is 0. The van der Waals surface area contributed by atoms with Crippen molar-refractivity contribution in [2.75, 3.05) is 0 Å². The minimum Gasteiger partial charge on any atom is -0.390 e. The minimum absolute atomic E-state index is 0.105. The number of nitrogens with zero attached hydrogens (tertiary/aromatic N) is 1. The lowest BCUT2D eigenvalue weighted by Gasteiger charge is -2.42. The molecule has 0 heterocycles. The number of rotatable bonds is 1. The number of aliphatic hydroxyl groups is 1. The van der Waals surface area contributed by atoms with Crippen LogP contribution in [0.2, 0.25) is 0 Å². The first-order valence-electron chi connectivity index (χ1n) is 6.25. The molecular weight excluding hydrogens is 269 g/mol. The zero-order valence-electron chi connectivity index (χ0n) is 10.4. The van der Waals surface area contributed by atoms with E-state index in [1.165, 1.54) is 0 Å². The maximum absolute atomic E-state index is 10.0. The quantitative estimate of drug-likeness (QED) is 0.789. The monoisotopic (exact) mass is 285 g/mol. The lowest BCUT2D eigenvalue weighted by atomic mass is 9.62. The molecule has 0 spiro atoms. The van der Waals surface area contributed by atoms with E-state index in [2.05, 4.69) is 6.07 Å². The summed E-state index contributed by atoms with van der Waals surface area (Å²) in [6, 6.07) is 2.47. The van der Waals surface area contributed by atoms with Gasteiger partial charge in [-0.2, -0.15) is 5.26 Å². The largest absolute Gasteiger partial charge is 0.390 e. The second-order valence-corrected chi connectivity index (χ2v) is 6.55. The van der Waals surface area contributed by atoms with Crippen molar-refractivity contribution in [2.24, 2.45) is 11.3 Å². The highest BCUT2D eigenvalue weighted by atomic mass is 35.5. The van der Waals surface area contributed by atoms with Gasteiger partial charge >= 0.3 is 0 Å². The molecule has 98 valence electrons. The summed E-state index contributed by atoms with van der Waals surface area (Å²) >= 11 is 12.0. The summed E-state index contributed by atoms with van der Waals surface area (Å²) < 4.78 is 0. The molecule has 0 aromatic heterocycles. The van der Waals surface area contributed by atoms with Crippen LogP contribution in [0.1, 0.15) is 39.0 Å². The van der Waals surface area contributed by atoms with E-state index in [0.29, 0.717) is 42.2 Å². The minimum atomic E-state index is -0.629. The Bertz CT molecular complexity index is 435. The summed E-state index contributed by atoms with van der Waals surface area (Å²) in [7, 11) is 0. The first-order valence-corrected chi connectivity index (χ1v) is 7.00. The van der Waals surface area contributed by atoms with Crippen molar-refractivity contribution in [3.63, 3.8) is 0 Å². The predicted molar refractivity (Wildman–Crippen MR) is 73.1 cm³/mol. The first kappa shape index (κ1) is 13.9. The van der Waals surface area contributed by atoms with Gasteiger partial charge in [0.25, 0.3) is 0 Å². The lowest BCUT2D eigenvalue weighted by Crippen LogP contribution is -2.40. The third-order valence-electron chi connectivity index (χ3n) is 4.28. The van der Waals surface area contributed by atoms with E-state index in [-0.39, 0.29) is 5.92 Å². The highest BCUT2D eigenvalue weighted by molar-refractivity contribution is 6.40. The van der Waals surface area contributed by atoms with Crippen molar-refractivity contribution in [2.45, 2.75) is 44.6 Å². The molecule has 1 fully saturated rings. The van der Waals surface area contributed by atoms with Gasteiger partial charge in [-0.05, 0) is 45.1 Å². The Balaban J connectivity index is 2.17. The van der Waals surface area contributed by atoms with Crippen LogP contribution in [0.4, 0.5) is 0 Å². The number of hydrogen-bond acceptors (Lipinski definition) is 2. The molecule has 0 aromatic rings. The van der Waals surface area contributed by atoms with Gasteiger partial charge in [0, 0.05) is 11.0 Å². The number of allylic oxidation sites excluding steroid dienone is 4. The molecule has 1 atom stereocenters. The smallest absolute Gasteiger partial charge is 0.0696 e. The van der Waals surface area contributed by atoms with E-state index in [1.807, 2.05) is 13.0 Å². The lowest BCUT2D eigenvalue weighted by molar-refractivity contribution is -0.0145. The molecule has 0 saturated heterocycles. The van der Waals surface area contributed by atoms with Crippen LogP contribution < -0.4 is 0 Å². The second-order valence-electron chi connectivity index (χ2n) is 5.69. The molecular formula is C14H17Cl2NO. The Kier molecular flexibility index (Phi) is 3.78. The van der Waals surface area contributed by atoms with Crippen LogP contribution in [0.15, 0.2) is 22.2 Å². The Morgan fingerprint density at radius 2 is 1.94 bits per heavy atom. The molecule has 1 unspecified atom stereocenters. The van der Waals surface area contributed by atoms with Crippen molar-refractivity contribution in [1.82, 2.24) is 0 Å². The molecule has 2 aliphatic carbocycles. The Labute approximate surface area is 118 Å². The third kappa shape index (κ3) is 2.59. The molecule has 0 aliphatic heterocycles. The Hall–Kier alpha value is -0.490. The Morgan fingerprint density at radius 3 is 2.44 bits per heavy atom. The molecule has 1 saturated carbocycles. The van der Waals surface area contributed by atoms with Gasteiger partial charge in [-0.25, -0.2) is 0 Å². The maximum Gasteiger partial charge on any atom is 0.0696 e. The summed E-state index contributed by atoms with van der Waals surface area (Å²) in [6.07, 6.45) is 7.19. The van der Waals surface area contributed by atoms with Crippen molar-refractivity contribution < 1.29 is 5.11 Å². The van der Waals surface area contributed by atoms with Crippen LogP contribution >= 0.6 is 23.2 Å². The summed E-state index contributed by atoms with van der Waals surface area (Å²) in [6.45, 7) is 1.84. The van der Waals surface area contributed by atoms with Gasteiger partial charge in [0.2, 0.25) is 0 Å². The molecule has 0 radical (unpaired) electrons. The van der Waals surface area contributed by atoms with Crippen LogP contribution in [0.3, 0.4) is 0 Å². The number of halogens is 2. The predicted octanol–water partition coefficient (Wildman–Crippen LogP) is 4.09. The fourth-order valence-electron chi connectivity index (χ4n) is 2.83. The van der Waals surface area contributed by atoms with Crippen molar-refractivity contribution in [3.05, 3.63) is 22.2 Å². The van der Waals surface area contributed by atoms with E-state index in [1.54, 1.807) is 6.08 Å². The number of hydrogen-bond donors (Lipinski definition) is 1. The SMILES string of the molecule is C[C@]1(O)CC[C@@](C#N)(C2C=CC(Cl)=C(Cl)C2)CC1. The fraction of sp³-hybridized carbons (Fsp3) is 0.643. The van der Waals surface area contributed by atoms with E-state index >= 15 is 0 Å². The van der Waals surface area contributed by atoms with Crippen LogP contribution in [-0.4, -0.2) is 10.7 Å². The van der Waals surface area contributed by atoms with E-state index in [9.17, 15) is 10.4 Å². The van der Waals surface area contributed by atoms with Gasteiger partial charge in [-0.15, -0.1) is 0 Å². The van der Waals surface area contributed by atoms with E-state index < -0.39 is 11.0 Å². The third-order valence-corrected chi connectivity index (χ3v) is 5.09. The van der Waals surface area contributed by atoms with Gasteiger partial charge in [-0.3, -0.25) is 0 Å². The van der Waals surface area contributed by atoms with Gasteiger partial charge in [0.05, 0.1) is 22.1 Å². The van der Waals surface area contributed by atoms with E-state index in [0.717, 1.165) is 0 Å². The molecule has 2 aliphatic rings. The first-order chi connectivity index (χ1) is 8.38. The number of nitriles is 1. The molecule has 4 heteroatoms. The van der Waals surface area contributed by atoms with Gasteiger partial charge in [0.1, 0.15) is 0 Å². The van der Waals surface area contributed by atoms with Gasteiger partial charge in [-0.1, -0.05) is 29.3 Å². The maximum atomic E-state index is 10.0. The highest BCUT2D eigenvalue weighted by Gasteiger charge is 2.44. The average molecular weight is 286 g/mol. The molecule has 0 amide bonds. The summed E-state index contributed by atoms with van der Waals surface area (Å²) in [5.41, 5.74) is -1.04. The fourth-order valence-corrected chi connectivity index (χ4v) is 3.21. The summed E-state index contributed by atoms with van der Waals surface area (Å²) in [5, 5.41) is 20.8. The van der Waals surface area contributed by atoms with Crippen LogP contribution in [0, 0.1) is 22.7 Å².